The van der Waals surface area contributed by atoms with E-state index in [4.69, 9.17) is 16.3 Å². The van der Waals surface area contributed by atoms with Crippen molar-refractivity contribution in [3.63, 3.8) is 0 Å². The van der Waals surface area contributed by atoms with Gasteiger partial charge in [-0.15, -0.1) is 11.8 Å². The Balaban J connectivity index is 2.00. The number of aromatic nitrogens is 1. The van der Waals surface area contributed by atoms with Gasteiger partial charge in [-0.25, -0.2) is 4.98 Å². The van der Waals surface area contributed by atoms with Gasteiger partial charge in [-0.3, -0.25) is 0 Å². The number of rotatable bonds is 3. The summed E-state index contributed by atoms with van der Waals surface area (Å²) >= 11 is 6.81. The molecule has 0 spiro atoms. The van der Waals surface area contributed by atoms with E-state index in [1.807, 2.05) is 0 Å². The second-order valence-electron chi connectivity index (χ2n) is 4.25. The highest BCUT2D eigenvalue weighted by atomic mass is 35.5. The minimum atomic E-state index is -4.49. The molecule has 0 bridgehead atoms. The number of hydrogen-bond acceptors (Lipinski definition) is 5. The zero-order chi connectivity index (χ0) is 14.9. The Kier molecular flexibility index (Phi) is 4.80. The third-order valence-corrected chi connectivity index (χ3v) is 4.27. The molecule has 9 heteroatoms. The predicted molar refractivity (Wildman–Crippen MR) is 66.7 cm³/mol. The van der Waals surface area contributed by atoms with E-state index in [0.717, 1.165) is 17.8 Å². The number of pyridine rings is 1. The number of thioether (sulfide) groups is 1. The fourth-order valence-electron chi connectivity index (χ4n) is 1.66. The Morgan fingerprint density at radius 3 is 2.65 bits per heavy atom. The van der Waals surface area contributed by atoms with Gasteiger partial charge in [-0.05, 0) is 6.07 Å². The molecule has 20 heavy (non-hydrogen) atoms. The first-order valence-electron chi connectivity index (χ1n) is 5.62. The molecule has 4 nitrogen and oxygen atoms in total. The maximum Gasteiger partial charge on any atom is 0.417 e. The van der Waals surface area contributed by atoms with Crippen LogP contribution in [0.1, 0.15) is 5.56 Å². The van der Waals surface area contributed by atoms with Crippen molar-refractivity contribution in [3.8, 4) is 0 Å². The normalized spacial score (nSPS) is 27.0. The third kappa shape index (κ3) is 3.56. The summed E-state index contributed by atoms with van der Waals surface area (Å²) in [6.07, 6.45) is -6.36. The molecule has 2 N–H and O–H groups in total. The van der Waals surface area contributed by atoms with Crippen LogP contribution in [0.5, 0.6) is 0 Å². The minimum absolute atomic E-state index is 0.0283. The van der Waals surface area contributed by atoms with E-state index in [9.17, 15) is 23.4 Å². The quantitative estimate of drug-likeness (QED) is 0.830. The molecule has 2 rings (SSSR count). The van der Waals surface area contributed by atoms with Gasteiger partial charge in [0.15, 0.2) is 0 Å². The summed E-state index contributed by atoms with van der Waals surface area (Å²) in [5.74, 6) is 0.232. The lowest BCUT2D eigenvalue weighted by atomic mass is 10.2. The summed E-state index contributed by atoms with van der Waals surface area (Å²) in [4.78, 5) is 3.66. The molecule has 1 aliphatic rings. The highest BCUT2D eigenvalue weighted by Gasteiger charge is 2.35. The molecule has 3 unspecified atom stereocenters. The molecule has 112 valence electrons. The van der Waals surface area contributed by atoms with Crippen LogP contribution >= 0.6 is 23.4 Å². The van der Waals surface area contributed by atoms with Crippen LogP contribution in [0.2, 0.25) is 5.02 Å². The summed E-state index contributed by atoms with van der Waals surface area (Å²) in [5.41, 5.74) is -0.917. The molecule has 0 radical (unpaired) electrons. The van der Waals surface area contributed by atoms with Gasteiger partial charge in [-0.1, -0.05) is 11.6 Å². The van der Waals surface area contributed by atoms with Crippen LogP contribution in [-0.2, 0) is 10.9 Å². The highest BCUT2D eigenvalue weighted by Crippen LogP contribution is 2.34. The monoisotopic (exact) mass is 329 g/mol. The third-order valence-electron chi connectivity index (χ3n) is 2.78. The Hall–Kier alpha value is -0.540. The zero-order valence-corrected chi connectivity index (χ0v) is 11.5. The van der Waals surface area contributed by atoms with Crippen molar-refractivity contribution >= 4 is 23.4 Å². The average molecular weight is 330 g/mol. The van der Waals surface area contributed by atoms with Gasteiger partial charge >= 0.3 is 6.18 Å². The molecule has 1 aromatic heterocycles. The molecule has 1 fully saturated rings. The molecule has 1 aliphatic heterocycles. The Labute approximate surface area is 121 Å². The summed E-state index contributed by atoms with van der Waals surface area (Å²) in [7, 11) is 0. The van der Waals surface area contributed by atoms with Crippen LogP contribution in [0.3, 0.4) is 0 Å². The molecule has 1 aromatic rings. The van der Waals surface area contributed by atoms with Crippen molar-refractivity contribution in [3.05, 3.63) is 22.8 Å². The molecule has 1 saturated heterocycles. The Morgan fingerprint density at radius 1 is 1.45 bits per heavy atom. The fourth-order valence-corrected chi connectivity index (χ4v) is 2.93. The van der Waals surface area contributed by atoms with Crippen LogP contribution in [-0.4, -0.2) is 45.9 Å². The Morgan fingerprint density at radius 2 is 2.15 bits per heavy atom. The standard InChI is InChI=1S/C11H11ClF3NO3S/c12-6-1-5(11(13,14)15)2-16-10(6)20-4-8-9(18)7(17)3-19-8/h1-2,7-9,17-18H,3-4H2. The van der Waals surface area contributed by atoms with Crippen LogP contribution in [0.4, 0.5) is 13.2 Å². The van der Waals surface area contributed by atoms with E-state index >= 15 is 0 Å². The van der Waals surface area contributed by atoms with Crippen LogP contribution in [0.25, 0.3) is 0 Å². The zero-order valence-electron chi connectivity index (χ0n) is 9.97. The molecule has 0 saturated carbocycles. The average Bonchev–Trinajstić information content (AvgIpc) is 2.67. The molecule has 0 amide bonds. The fraction of sp³-hybridized carbons (Fsp3) is 0.545. The topological polar surface area (TPSA) is 62.6 Å². The van der Waals surface area contributed by atoms with Gasteiger partial charge in [0.25, 0.3) is 0 Å². The molecule has 0 aliphatic carbocycles. The van der Waals surface area contributed by atoms with Crippen LogP contribution in [0.15, 0.2) is 17.3 Å². The first-order chi connectivity index (χ1) is 9.29. The molecular formula is C11H11ClF3NO3S. The molecule has 2 heterocycles. The van der Waals surface area contributed by atoms with Crippen molar-refractivity contribution in [1.82, 2.24) is 4.98 Å². The second-order valence-corrected chi connectivity index (χ2v) is 5.67. The molecular weight excluding hydrogens is 319 g/mol. The smallest absolute Gasteiger partial charge is 0.388 e. The van der Waals surface area contributed by atoms with Crippen molar-refractivity contribution in [2.45, 2.75) is 29.5 Å². The summed E-state index contributed by atoms with van der Waals surface area (Å²) in [6.45, 7) is 0.0283. The van der Waals surface area contributed by atoms with Crippen molar-refractivity contribution in [2.75, 3.05) is 12.4 Å². The lowest BCUT2D eigenvalue weighted by Crippen LogP contribution is -2.31. The number of hydrogen-bond donors (Lipinski definition) is 2. The van der Waals surface area contributed by atoms with E-state index in [0.29, 0.717) is 6.20 Å². The number of nitrogens with zero attached hydrogens (tertiary/aromatic N) is 1. The van der Waals surface area contributed by atoms with Gasteiger partial charge in [-0.2, -0.15) is 13.2 Å². The van der Waals surface area contributed by atoms with E-state index in [1.165, 1.54) is 0 Å². The van der Waals surface area contributed by atoms with Gasteiger partial charge in [0.2, 0.25) is 0 Å². The summed E-state index contributed by atoms with van der Waals surface area (Å²) < 4.78 is 42.5. The van der Waals surface area contributed by atoms with Gasteiger partial charge < -0.3 is 14.9 Å². The van der Waals surface area contributed by atoms with E-state index < -0.39 is 30.1 Å². The van der Waals surface area contributed by atoms with Crippen LogP contribution < -0.4 is 0 Å². The van der Waals surface area contributed by atoms with Gasteiger partial charge in [0.1, 0.15) is 17.2 Å². The van der Waals surface area contributed by atoms with Gasteiger partial charge in [0.05, 0.1) is 23.3 Å². The van der Waals surface area contributed by atoms with Crippen molar-refractivity contribution in [2.24, 2.45) is 0 Å². The Bertz CT molecular complexity index is 488. The first kappa shape index (κ1) is 15.8. The maximum atomic E-state index is 12.4. The van der Waals surface area contributed by atoms with Gasteiger partial charge in [0, 0.05) is 11.9 Å². The number of ether oxygens (including phenoxy) is 1. The minimum Gasteiger partial charge on any atom is -0.388 e. The first-order valence-corrected chi connectivity index (χ1v) is 6.98. The van der Waals surface area contributed by atoms with E-state index in [1.54, 1.807) is 0 Å². The summed E-state index contributed by atoms with van der Waals surface area (Å²) in [6, 6.07) is 0.803. The SMILES string of the molecule is OC1COC(CSc2ncc(C(F)(F)F)cc2Cl)C1O. The number of alkyl halides is 3. The molecule has 3 atom stereocenters. The second kappa shape index (κ2) is 6.07. The highest BCUT2D eigenvalue weighted by molar-refractivity contribution is 7.99. The van der Waals surface area contributed by atoms with Crippen molar-refractivity contribution < 1.29 is 28.1 Å². The summed E-state index contributed by atoms with van der Waals surface area (Å²) in [5, 5.41) is 19.0. The number of halogens is 4. The number of aliphatic hydroxyl groups excluding tert-OH is 2. The van der Waals surface area contributed by atoms with Crippen molar-refractivity contribution in [1.29, 1.82) is 0 Å². The maximum absolute atomic E-state index is 12.4. The van der Waals surface area contributed by atoms with E-state index in [-0.39, 0.29) is 22.4 Å². The van der Waals surface area contributed by atoms with E-state index in [2.05, 4.69) is 4.98 Å². The molecule has 0 aromatic carbocycles. The van der Waals surface area contributed by atoms with Crippen LogP contribution in [0, 0.1) is 0 Å². The lowest BCUT2D eigenvalue weighted by Gasteiger charge is -2.14. The largest absolute Gasteiger partial charge is 0.417 e. The number of aliphatic hydroxyl groups is 2. The predicted octanol–water partition coefficient (Wildman–Crippen LogP) is 1.97. The lowest BCUT2D eigenvalue weighted by molar-refractivity contribution is -0.137.